The molecule has 0 atom stereocenters. The highest BCUT2D eigenvalue weighted by molar-refractivity contribution is 5.38. The molecule has 0 N–H and O–H groups in total. The van der Waals surface area contributed by atoms with Crippen molar-refractivity contribution >= 4 is 0 Å². The van der Waals surface area contributed by atoms with Gasteiger partial charge >= 0.3 is 0 Å². The molecule has 0 unspecified atom stereocenters. The lowest BCUT2D eigenvalue weighted by Crippen LogP contribution is -1.89. The Kier molecular flexibility index (Phi) is 3.01. The maximum absolute atomic E-state index is 13.5. The van der Waals surface area contributed by atoms with Gasteiger partial charge in [-0.2, -0.15) is 5.26 Å². The lowest BCUT2D eigenvalue weighted by atomic mass is 10.2. The Morgan fingerprint density at radius 2 is 1.71 bits per heavy atom. The molecular weight excluding hydrogens is 224 g/mol. The second-order valence-corrected chi connectivity index (χ2v) is 3.31. The highest BCUT2D eigenvalue weighted by Gasteiger charge is 2.05. The van der Waals surface area contributed by atoms with Crippen LogP contribution in [0.1, 0.15) is 5.56 Å². The van der Waals surface area contributed by atoms with Crippen molar-refractivity contribution < 1.29 is 13.5 Å². The molecule has 0 aliphatic carbocycles. The van der Waals surface area contributed by atoms with Gasteiger partial charge in [-0.05, 0) is 42.5 Å². The number of hydrogen-bond donors (Lipinski definition) is 0. The Morgan fingerprint density at radius 3 is 2.29 bits per heavy atom. The van der Waals surface area contributed by atoms with Crippen molar-refractivity contribution in [3.63, 3.8) is 0 Å². The predicted molar refractivity (Wildman–Crippen MR) is 57.6 cm³/mol. The summed E-state index contributed by atoms with van der Waals surface area (Å²) in [5, 5.41) is 8.57. The van der Waals surface area contributed by atoms with Gasteiger partial charge in [-0.25, -0.2) is 8.78 Å². The number of halogens is 2. The van der Waals surface area contributed by atoms with Crippen LogP contribution in [0.3, 0.4) is 0 Å². The zero-order valence-corrected chi connectivity index (χ0v) is 8.65. The Labute approximate surface area is 96.7 Å². The summed E-state index contributed by atoms with van der Waals surface area (Å²) < 4.78 is 31.3. The number of rotatable bonds is 2. The van der Waals surface area contributed by atoms with Crippen LogP contribution in [0.4, 0.5) is 8.78 Å². The Bertz CT molecular complexity index is 573. The second-order valence-electron chi connectivity index (χ2n) is 3.31. The molecule has 4 heteroatoms. The van der Waals surface area contributed by atoms with E-state index in [0.29, 0.717) is 5.75 Å². The van der Waals surface area contributed by atoms with E-state index in [1.165, 1.54) is 36.4 Å². The first kappa shape index (κ1) is 11.1. The molecule has 0 spiro atoms. The summed E-state index contributed by atoms with van der Waals surface area (Å²) in [6.07, 6.45) is 0. The highest BCUT2D eigenvalue weighted by atomic mass is 19.1. The maximum Gasteiger partial charge on any atom is 0.167 e. The van der Waals surface area contributed by atoms with Gasteiger partial charge < -0.3 is 4.74 Å². The van der Waals surface area contributed by atoms with E-state index in [1.54, 1.807) is 0 Å². The van der Waals surface area contributed by atoms with Crippen molar-refractivity contribution in [1.29, 1.82) is 5.26 Å². The van der Waals surface area contributed by atoms with E-state index in [1.807, 2.05) is 6.07 Å². The van der Waals surface area contributed by atoms with Gasteiger partial charge in [-0.3, -0.25) is 0 Å². The molecule has 2 aromatic carbocycles. The number of ether oxygens (including phenoxy) is 1. The minimum atomic E-state index is -0.631. The first-order valence-electron chi connectivity index (χ1n) is 4.82. The fraction of sp³-hybridized carbons (Fsp3) is 0. The summed E-state index contributed by atoms with van der Waals surface area (Å²) in [6.45, 7) is 0. The molecule has 0 amide bonds. The SMILES string of the molecule is N#Cc1ccc(Oc2ccc(F)cc2)c(F)c1. The fourth-order valence-corrected chi connectivity index (χ4v) is 1.28. The van der Waals surface area contributed by atoms with Crippen molar-refractivity contribution in [2.75, 3.05) is 0 Å². The summed E-state index contributed by atoms with van der Waals surface area (Å²) in [4.78, 5) is 0. The third-order valence-electron chi connectivity index (χ3n) is 2.10. The zero-order chi connectivity index (χ0) is 12.3. The average Bonchev–Trinajstić information content (AvgIpc) is 2.34. The average molecular weight is 231 g/mol. The minimum absolute atomic E-state index is 0.00407. The standard InChI is InChI=1S/C13H7F2NO/c14-10-2-4-11(5-3-10)17-13-6-1-9(8-16)7-12(13)15/h1-7H. The third-order valence-corrected chi connectivity index (χ3v) is 2.10. The number of hydrogen-bond acceptors (Lipinski definition) is 2. The van der Waals surface area contributed by atoms with E-state index < -0.39 is 11.6 Å². The predicted octanol–water partition coefficient (Wildman–Crippen LogP) is 3.63. The van der Waals surface area contributed by atoms with Crippen LogP contribution < -0.4 is 4.74 Å². The summed E-state index contributed by atoms with van der Waals surface area (Å²) in [5.74, 6) is -0.698. The van der Waals surface area contributed by atoms with Crippen molar-refractivity contribution in [2.45, 2.75) is 0 Å². The van der Waals surface area contributed by atoms with Crippen LogP contribution in [0.2, 0.25) is 0 Å². The van der Waals surface area contributed by atoms with Gasteiger partial charge in [0.15, 0.2) is 11.6 Å². The smallest absolute Gasteiger partial charge is 0.167 e. The normalized spacial score (nSPS) is 9.71. The van der Waals surface area contributed by atoms with Gasteiger partial charge in [-0.1, -0.05) is 0 Å². The maximum atomic E-state index is 13.5. The number of nitriles is 1. The molecule has 0 aromatic heterocycles. The van der Waals surface area contributed by atoms with Crippen molar-refractivity contribution in [1.82, 2.24) is 0 Å². The molecule has 0 radical (unpaired) electrons. The fourth-order valence-electron chi connectivity index (χ4n) is 1.28. The van der Waals surface area contributed by atoms with E-state index in [9.17, 15) is 8.78 Å². The monoisotopic (exact) mass is 231 g/mol. The lowest BCUT2D eigenvalue weighted by Gasteiger charge is -2.06. The molecule has 0 saturated carbocycles. The summed E-state index contributed by atoms with van der Waals surface area (Å²) in [5.41, 5.74) is 0.217. The molecule has 0 fully saturated rings. The van der Waals surface area contributed by atoms with Crippen LogP contribution in [0, 0.1) is 23.0 Å². The molecule has 0 aliphatic rings. The molecule has 0 heterocycles. The first-order chi connectivity index (χ1) is 8.19. The van der Waals surface area contributed by atoms with E-state index in [0.717, 1.165) is 6.07 Å². The third kappa shape index (κ3) is 2.58. The summed E-state index contributed by atoms with van der Waals surface area (Å²) >= 11 is 0. The number of benzene rings is 2. The van der Waals surface area contributed by atoms with E-state index in [2.05, 4.69) is 0 Å². The van der Waals surface area contributed by atoms with Gasteiger partial charge in [0.1, 0.15) is 11.6 Å². The van der Waals surface area contributed by atoms with Crippen LogP contribution in [0.25, 0.3) is 0 Å². The summed E-state index contributed by atoms with van der Waals surface area (Å²) in [7, 11) is 0. The van der Waals surface area contributed by atoms with E-state index in [-0.39, 0.29) is 11.3 Å². The van der Waals surface area contributed by atoms with Gasteiger partial charge in [0.25, 0.3) is 0 Å². The van der Waals surface area contributed by atoms with E-state index >= 15 is 0 Å². The molecule has 0 saturated heterocycles. The van der Waals surface area contributed by atoms with Crippen molar-refractivity contribution in [3.8, 4) is 17.6 Å². The summed E-state index contributed by atoms with van der Waals surface area (Å²) in [6, 6.07) is 10.9. The molecule has 2 aromatic rings. The van der Waals surface area contributed by atoms with Gasteiger partial charge in [0.05, 0.1) is 11.6 Å². The Balaban J connectivity index is 2.25. The lowest BCUT2D eigenvalue weighted by molar-refractivity contribution is 0.441. The van der Waals surface area contributed by atoms with Crippen LogP contribution in [-0.4, -0.2) is 0 Å². The topological polar surface area (TPSA) is 33.0 Å². The van der Waals surface area contributed by atoms with Gasteiger partial charge in [0.2, 0.25) is 0 Å². The molecular formula is C13H7F2NO. The molecule has 84 valence electrons. The van der Waals surface area contributed by atoms with Crippen LogP contribution >= 0.6 is 0 Å². The second kappa shape index (κ2) is 4.62. The zero-order valence-electron chi connectivity index (χ0n) is 8.65. The van der Waals surface area contributed by atoms with Crippen LogP contribution in [0.15, 0.2) is 42.5 Å². The molecule has 0 aliphatic heterocycles. The molecule has 2 rings (SSSR count). The minimum Gasteiger partial charge on any atom is -0.454 e. The quantitative estimate of drug-likeness (QED) is 0.790. The highest BCUT2D eigenvalue weighted by Crippen LogP contribution is 2.25. The van der Waals surface area contributed by atoms with Crippen LogP contribution in [-0.2, 0) is 0 Å². The van der Waals surface area contributed by atoms with Crippen LogP contribution in [0.5, 0.6) is 11.5 Å². The van der Waals surface area contributed by atoms with Gasteiger partial charge in [-0.15, -0.1) is 0 Å². The van der Waals surface area contributed by atoms with E-state index in [4.69, 9.17) is 10.00 Å². The number of nitrogens with zero attached hydrogens (tertiary/aromatic N) is 1. The van der Waals surface area contributed by atoms with Crippen molar-refractivity contribution in [3.05, 3.63) is 59.7 Å². The first-order valence-corrected chi connectivity index (χ1v) is 4.82. The van der Waals surface area contributed by atoms with Crippen molar-refractivity contribution in [2.24, 2.45) is 0 Å². The van der Waals surface area contributed by atoms with Gasteiger partial charge in [0, 0.05) is 0 Å². The largest absolute Gasteiger partial charge is 0.454 e. The molecule has 2 nitrogen and oxygen atoms in total. The molecule has 0 bridgehead atoms. The molecule has 17 heavy (non-hydrogen) atoms. The Hall–Kier alpha value is -2.41. The Morgan fingerprint density at radius 1 is 1.00 bits per heavy atom.